The number of carbonyl (C=O) groups is 3. The fourth-order valence-corrected chi connectivity index (χ4v) is 4.12. The smallest absolute Gasteiger partial charge is 0.238 e. The lowest BCUT2D eigenvalue weighted by molar-refractivity contribution is -0.189. The summed E-state index contributed by atoms with van der Waals surface area (Å²) in [6.45, 7) is 4.49. The number of rotatable bonds is 3. The molecule has 0 bridgehead atoms. The molecule has 0 atom stereocenters. The number of likely N-dealkylation sites (tertiary alicyclic amines) is 1. The summed E-state index contributed by atoms with van der Waals surface area (Å²) in [5, 5.41) is 0. The van der Waals surface area contributed by atoms with Crippen molar-refractivity contribution in [3.63, 3.8) is 0 Å². The van der Waals surface area contributed by atoms with Gasteiger partial charge in [0.2, 0.25) is 18.2 Å². The van der Waals surface area contributed by atoms with Gasteiger partial charge in [-0.3, -0.25) is 14.4 Å². The Morgan fingerprint density at radius 1 is 0.760 bits per heavy atom. The molecule has 4 fully saturated rings. The highest BCUT2D eigenvalue weighted by Gasteiger charge is 2.60. The number of carbonyl (C=O) groups excluding carboxylic acids is 3. The number of hydrogen-bond acceptors (Lipinski definition) is 5. The van der Waals surface area contributed by atoms with Crippen LogP contribution in [0.15, 0.2) is 0 Å². The summed E-state index contributed by atoms with van der Waals surface area (Å²) in [6, 6.07) is 0. The van der Waals surface area contributed by atoms with E-state index in [0.717, 1.165) is 6.41 Å². The van der Waals surface area contributed by atoms with Crippen molar-refractivity contribution in [3.8, 4) is 0 Å². The molecule has 3 heterocycles. The molecular formula is C17H25N3O5. The van der Waals surface area contributed by atoms with Gasteiger partial charge in [-0.25, -0.2) is 0 Å². The van der Waals surface area contributed by atoms with E-state index in [1.807, 2.05) is 4.90 Å². The van der Waals surface area contributed by atoms with E-state index < -0.39 is 11.2 Å². The lowest BCUT2D eigenvalue weighted by Gasteiger charge is -2.40. The molecule has 8 heteroatoms. The minimum absolute atomic E-state index is 0.0387. The Morgan fingerprint density at radius 2 is 1.28 bits per heavy atom. The standard InChI is InChI=1S/C17H25N3O5/c21-13-18-7-9-20(10-8-18)15(23)16(1-2-16)14(22)19-5-3-17(4-6-19)24-11-12-25-17/h13H,1-12H2. The molecule has 1 saturated carbocycles. The van der Waals surface area contributed by atoms with Gasteiger partial charge in [-0.2, -0.15) is 0 Å². The fraction of sp³-hybridized carbons (Fsp3) is 0.824. The van der Waals surface area contributed by atoms with E-state index in [4.69, 9.17) is 9.47 Å². The molecule has 3 saturated heterocycles. The normalized spacial score (nSPS) is 27.4. The van der Waals surface area contributed by atoms with E-state index in [9.17, 15) is 14.4 Å². The lowest BCUT2D eigenvalue weighted by Crippen LogP contribution is -2.55. The summed E-state index contributed by atoms with van der Waals surface area (Å²) in [5.41, 5.74) is -0.856. The van der Waals surface area contributed by atoms with Crippen LogP contribution in [0.4, 0.5) is 0 Å². The van der Waals surface area contributed by atoms with Crippen LogP contribution in [0.25, 0.3) is 0 Å². The molecule has 1 spiro atoms. The summed E-state index contributed by atoms with van der Waals surface area (Å²) in [4.78, 5) is 42.0. The molecule has 0 aromatic rings. The third-order valence-electron chi connectivity index (χ3n) is 5.95. The van der Waals surface area contributed by atoms with Crippen molar-refractivity contribution in [1.82, 2.24) is 14.7 Å². The quantitative estimate of drug-likeness (QED) is 0.503. The maximum atomic E-state index is 13.0. The summed E-state index contributed by atoms with van der Waals surface area (Å²) < 4.78 is 11.4. The Bertz CT molecular complexity index is 553. The predicted molar refractivity (Wildman–Crippen MR) is 86.3 cm³/mol. The van der Waals surface area contributed by atoms with Gasteiger partial charge in [0.1, 0.15) is 5.41 Å². The molecule has 138 valence electrons. The van der Waals surface area contributed by atoms with Crippen LogP contribution in [0.3, 0.4) is 0 Å². The third kappa shape index (κ3) is 2.91. The maximum Gasteiger partial charge on any atom is 0.238 e. The number of amides is 3. The molecule has 4 aliphatic rings. The van der Waals surface area contributed by atoms with Gasteiger partial charge >= 0.3 is 0 Å². The van der Waals surface area contributed by atoms with Crippen LogP contribution >= 0.6 is 0 Å². The van der Waals surface area contributed by atoms with Crippen molar-refractivity contribution in [2.45, 2.75) is 31.5 Å². The van der Waals surface area contributed by atoms with Gasteiger partial charge in [0.05, 0.1) is 13.2 Å². The van der Waals surface area contributed by atoms with Crippen LogP contribution in [0.5, 0.6) is 0 Å². The Labute approximate surface area is 147 Å². The van der Waals surface area contributed by atoms with Crippen LogP contribution in [0, 0.1) is 5.41 Å². The molecule has 4 rings (SSSR count). The van der Waals surface area contributed by atoms with Crippen molar-refractivity contribution in [3.05, 3.63) is 0 Å². The second kappa shape index (κ2) is 6.25. The number of nitrogens with zero attached hydrogens (tertiary/aromatic N) is 3. The highest BCUT2D eigenvalue weighted by atomic mass is 16.7. The minimum atomic E-state index is -0.856. The Hall–Kier alpha value is -1.67. The van der Waals surface area contributed by atoms with Crippen LogP contribution in [0.1, 0.15) is 25.7 Å². The molecule has 0 aromatic carbocycles. The van der Waals surface area contributed by atoms with Crippen molar-refractivity contribution in [2.24, 2.45) is 5.41 Å². The Balaban J connectivity index is 1.37. The van der Waals surface area contributed by atoms with E-state index in [1.54, 1.807) is 9.80 Å². The molecule has 0 radical (unpaired) electrons. The summed E-state index contributed by atoms with van der Waals surface area (Å²) in [5.74, 6) is -0.609. The topological polar surface area (TPSA) is 79.4 Å². The van der Waals surface area contributed by atoms with Crippen LogP contribution in [0.2, 0.25) is 0 Å². The van der Waals surface area contributed by atoms with Crippen molar-refractivity contribution in [1.29, 1.82) is 0 Å². The maximum absolute atomic E-state index is 13.0. The molecular weight excluding hydrogens is 326 g/mol. The fourth-order valence-electron chi connectivity index (χ4n) is 4.12. The molecule has 0 N–H and O–H groups in total. The first-order chi connectivity index (χ1) is 12.1. The zero-order valence-corrected chi connectivity index (χ0v) is 14.4. The van der Waals surface area contributed by atoms with Crippen LogP contribution in [-0.4, -0.2) is 91.2 Å². The van der Waals surface area contributed by atoms with E-state index in [0.29, 0.717) is 78.2 Å². The first-order valence-corrected chi connectivity index (χ1v) is 9.15. The number of piperidine rings is 1. The zero-order chi connectivity index (χ0) is 17.5. The highest BCUT2D eigenvalue weighted by Crippen LogP contribution is 2.49. The van der Waals surface area contributed by atoms with Gasteiger partial charge < -0.3 is 24.2 Å². The second-order valence-corrected chi connectivity index (χ2v) is 7.42. The zero-order valence-electron chi connectivity index (χ0n) is 14.4. The molecule has 3 amide bonds. The van der Waals surface area contributed by atoms with Gasteiger partial charge in [0, 0.05) is 52.1 Å². The Morgan fingerprint density at radius 3 is 1.76 bits per heavy atom. The monoisotopic (exact) mass is 351 g/mol. The van der Waals surface area contributed by atoms with Gasteiger partial charge in [-0.1, -0.05) is 0 Å². The number of piperazine rings is 1. The summed E-state index contributed by atoms with van der Waals surface area (Å²) >= 11 is 0. The third-order valence-corrected chi connectivity index (χ3v) is 5.95. The van der Waals surface area contributed by atoms with Crippen LogP contribution in [-0.2, 0) is 23.9 Å². The molecule has 0 unspecified atom stereocenters. The number of ether oxygens (including phenoxy) is 2. The lowest BCUT2D eigenvalue weighted by atomic mass is 9.98. The largest absolute Gasteiger partial charge is 0.347 e. The Kier molecular flexibility index (Phi) is 4.19. The average Bonchev–Trinajstić information content (AvgIpc) is 3.36. The SMILES string of the molecule is O=CN1CCN(C(=O)C2(C(=O)N3CCC4(CC3)OCCO4)CC2)CC1. The van der Waals surface area contributed by atoms with E-state index >= 15 is 0 Å². The van der Waals surface area contributed by atoms with Crippen molar-refractivity contribution in [2.75, 3.05) is 52.5 Å². The van der Waals surface area contributed by atoms with Crippen LogP contribution < -0.4 is 0 Å². The predicted octanol–water partition coefficient (Wildman–Crippen LogP) is -0.567. The van der Waals surface area contributed by atoms with Gasteiger partial charge in [0.25, 0.3) is 0 Å². The van der Waals surface area contributed by atoms with Gasteiger partial charge in [0.15, 0.2) is 5.79 Å². The molecule has 25 heavy (non-hydrogen) atoms. The summed E-state index contributed by atoms with van der Waals surface area (Å²) in [7, 11) is 0. The van der Waals surface area contributed by atoms with E-state index in [1.165, 1.54) is 0 Å². The van der Waals surface area contributed by atoms with E-state index in [2.05, 4.69) is 0 Å². The van der Waals surface area contributed by atoms with Crippen molar-refractivity contribution >= 4 is 18.2 Å². The molecule has 8 nitrogen and oxygen atoms in total. The highest BCUT2D eigenvalue weighted by molar-refractivity contribution is 6.08. The molecule has 3 aliphatic heterocycles. The molecule has 1 aliphatic carbocycles. The van der Waals surface area contributed by atoms with Gasteiger partial charge in [-0.15, -0.1) is 0 Å². The van der Waals surface area contributed by atoms with E-state index in [-0.39, 0.29) is 11.8 Å². The molecule has 0 aromatic heterocycles. The summed E-state index contributed by atoms with van der Waals surface area (Å²) in [6.07, 6.45) is 3.42. The second-order valence-electron chi connectivity index (χ2n) is 7.42. The first kappa shape index (κ1) is 16.8. The number of hydrogen-bond donors (Lipinski definition) is 0. The van der Waals surface area contributed by atoms with Crippen molar-refractivity contribution < 1.29 is 23.9 Å². The van der Waals surface area contributed by atoms with Gasteiger partial charge in [-0.05, 0) is 12.8 Å². The first-order valence-electron chi connectivity index (χ1n) is 9.15. The minimum Gasteiger partial charge on any atom is -0.347 e. The average molecular weight is 351 g/mol.